The highest BCUT2D eigenvalue weighted by atomic mass is 16.5. The van der Waals surface area contributed by atoms with Crippen LogP contribution in [0.25, 0.3) is 0 Å². The SMILES string of the molecule is COCc1nc2n(n1)C[C@H](Nc1ccnc(C)c1)CC2. The van der Waals surface area contributed by atoms with Gasteiger partial charge in [0, 0.05) is 37.2 Å². The van der Waals surface area contributed by atoms with Gasteiger partial charge in [-0.1, -0.05) is 0 Å². The number of pyridine rings is 1. The molecule has 3 heterocycles. The van der Waals surface area contributed by atoms with Crippen molar-refractivity contribution in [2.24, 2.45) is 0 Å². The molecule has 0 spiro atoms. The molecule has 3 rings (SSSR count). The standard InChI is InChI=1S/C14H19N5O/c1-10-7-11(5-6-15-10)16-12-3-4-14-17-13(9-20-2)18-19(14)8-12/h5-7,12H,3-4,8-9H2,1-2H3,(H,15,16)/t12-/m1/s1. The quantitative estimate of drug-likeness (QED) is 0.915. The number of anilines is 1. The van der Waals surface area contributed by atoms with Gasteiger partial charge in [0.15, 0.2) is 5.82 Å². The average Bonchev–Trinajstić information content (AvgIpc) is 2.81. The summed E-state index contributed by atoms with van der Waals surface area (Å²) in [5.41, 5.74) is 2.14. The summed E-state index contributed by atoms with van der Waals surface area (Å²) in [6, 6.07) is 4.44. The van der Waals surface area contributed by atoms with Crippen LogP contribution < -0.4 is 5.32 Å². The van der Waals surface area contributed by atoms with Crippen LogP contribution >= 0.6 is 0 Å². The number of hydrogen-bond donors (Lipinski definition) is 1. The van der Waals surface area contributed by atoms with E-state index in [-0.39, 0.29) is 0 Å². The Morgan fingerprint density at radius 3 is 3.20 bits per heavy atom. The summed E-state index contributed by atoms with van der Waals surface area (Å²) in [6.45, 7) is 3.31. The Morgan fingerprint density at radius 1 is 1.50 bits per heavy atom. The van der Waals surface area contributed by atoms with Gasteiger partial charge in [0.2, 0.25) is 0 Å². The number of fused-ring (bicyclic) bond motifs is 1. The fraction of sp³-hybridized carbons (Fsp3) is 0.500. The third-order valence-electron chi connectivity index (χ3n) is 3.44. The van der Waals surface area contributed by atoms with Crippen LogP contribution in [0.5, 0.6) is 0 Å². The summed E-state index contributed by atoms with van der Waals surface area (Å²) in [5, 5.41) is 8.02. The lowest BCUT2D eigenvalue weighted by Crippen LogP contribution is -2.32. The second kappa shape index (κ2) is 5.58. The van der Waals surface area contributed by atoms with Crippen molar-refractivity contribution in [2.75, 3.05) is 12.4 Å². The summed E-state index contributed by atoms with van der Waals surface area (Å²) < 4.78 is 7.07. The van der Waals surface area contributed by atoms with E-state index in [4.69, 9.17) is 4.74 Å². The van der Waals surface area contributed by atoms with Crippen molar-refractivity contribution in [2.45, 2.75) is 39.0 Å². The van der Waals surface area contributed by atoms with Gasteiger partial charge >= 0.3 is 0 Å². The fourth-order valence-electron chi connectivity index (χ4n) is 2.54. The minimum Gasteiger partial charge on any atom is -0.380 e. The fourth-order valence-corrected chi connectivity index (χ4v) is 2.54. The van der Waals surface area contributed by atoms with Gasteiger partial charge in [0.1, 0.15) is 12.4 Å². The first-order valence-corrected chi connectivity index (χ1v) is 6.85. The van der Waals surface area contributed by atoms with E-state index in [1.807, 2.05) is 23.9 Å². The van der Waals surface area contributed by atoms with Gasteiger partial charge in [0.25, 0.3) is 0 Å². The van der Waals surface area contributed by atoms with Crippen LogP contribution in [0.1, 0.15) is 23.8 Å². The van der Waals surface area contributed by atoms with Crippen LogP contribution in [0.2, 0.25) is 0 Å². The number of aryl methyl sites for hydroxylation is 2. The molecule has 0 saturated heterocycles. The van der Waals surface area contributed by atoms with Crippen molar-refractivity contribution in [3.05, 3.63) is 35.7 Å². The molecule has 1 aliphatic heterocycles. The number of aromatic nitrogens is 4. The molecule has 0 unspecified atom stereocenters. The highest BCUT2D eigenvalue weighted by molar-refractivity contribution is 5.44. The smallest absolute Gasteiger partial charge is 0.176 e. The summed E-state index contributed by atoms with van der Waals surface area (Å²) in [5.74, 6) is 1.82. The van der Waals surface area contributed by atoms with Crippen molar-refractivity contribution < 1.29 is 4.74 Å². The van der Waals surface area contributed by atoms with Crippen LogP contribution in [0.4, 0.5) is 5.69 Å². The molecular formula is C14H19N5O. The Morgan fingerprint density at radius 2 is 2.40 bits per heavy atom. The van der Waals surface area contributed by atoms with E-state index in [1.165, 1.54) is 0 Å². The van der Waals surface area contributed by atoms with Gasteiger partial charge in [-0.3, -0.25) is 4.98 Å². The molecule has 2 aromatic rings. The normalized spacial score (nSPS) is 17.8. The Bertz CT molecular complexity index is 595. The van der Waals surface area contributed by atoms with E-state index >= 15 is 0 Å². The molecule has 0 aromatic carbocycles. The Kier molecular flexibility index (Phi) is 3.64. The molecule has 0 amide bonds. The summed E-state index contributed by atoms with van der Waals surface area (Å²) in [6.07, 6.45) is 3.84. The number of rotatable bonds is 4. The van der Waals surface area contributed by atoms with Gasteiger partial charge in [-0.25, -0.2) is 9.67 Å². The van der Waals surface area contributed by atoms with Gasteiger partial charge < -0.3 is 10.1 Å². The maximum Gasteiger partial charge on any atom is 0.176 e. The van der Waals surface area contributed by atoms with Crippen LogP contribution in [-0.4, -0.2) is 32.9 Å². The largest absolute Gasteiger partial charge is 0.380 e. The third kappa shape index (κ3) is 2.80. The lowest BCUT2D eigenvalue weighted by molar-refractivity contribution is 0.177. The van der Waals surface area contributed by atoms with E-state index in [0.29, 0.717) is 12.6 Å². The summed E-state index contributed by atoms with van der Waals surface area (Å²) in [4.78, 5) is 8.70. The van der Waals surface area contributed by atoms with Gasteiger partial charge in [-0.15, -0.1) is 0 Å². The van der Waals surface area contributed by atoms with Crippen LogP contribution in [-0.2, 0) is 24.3 Å². The van der Waals surface area contributed by atoms with E-state index in [9.17, 15) is 0 Å². The molecule has 1 aliphatic rings. The first-order valence-electron chi connectivity index (χ1n) is 6.85. The molecule has 0 fully saturated rings. The molecule has 2 aromatic heterocycles. The molecule has 1 N–H and O–H groups in total. The zero-order valence-electron chi connectivity index (χ0n) is 11.8. The number of nitrogens with zero attached hydrogens (tertiary/aromatic N) is 4. The van der Waals surface area contributed by atoms with Gasteiger partial charge in [-0.2, -0.15) is 5.10 Å². The van der Waals surface area contributed by atoms with Gasteiger partial charge in [-0.05, 0) is 25.5 Å². The van der Waals surface area contributed by atoms with Crippen molar-refractivity contribution >= 4 is 5.69 Å². The highest BCUT2D eigenvalue weighted by Gasteiger charge is 2.21. The second-order valence-electron chi connectivity index (χ2n) is 5.13. The molecule has 106 valence electrons. The number of nitrogens with one attached hydrogen (secondary N) is 1. The minimum absolute atomic E-state index is 0.376. The van der Waals surface area contributed by atoms with Crippen molar-refractivity contribution in [1.29, 1.82) is 0 Å². The van der Waals surface area contributed by atoms with Crippen LogP contribution in [0, 0.1) is 6.92 Å². The van der Waals surface area contributed by atoms with E-state index in [1.54, 1.807) is 7.11 Å². The molecule has 0 radical (unpaired) electrons. The molecule has 6 nitrogen and oxygen atoms in total. The Labute approximate surface area is 118 Å². The minimum atomic E-state index is 0.376. The first kappa shape index (κ1) is 13.1. The highest BCUT2D eigenvalue weighted by Crippen LogP contribution is 2.18. The van der Waals surface area contributed by atoms with Crippen molar-refractivity contribution in [3.8, 4) is 0 Å². The molecule has 0 aliphatic carbocycles. The third-order valence-corrected chi connectivity index (χ3v) is 3.44. The second-order valence-corrected chi connectivity index (χ2v) is 5.13. The summed E-state index contributed by atoms with van der Waals surface area (Å²) >= 11 is 0. The maximum absolute atomic E-state index is 5.08. The molecule has 6 heteroatoms. The van der Waals surface area contributed by atoms with Crippen molar-refractivity contribution in [1.82, 2.24) is 19.7 Å². The number of ether oxygens (including phenoxy) is 1. The lowest BCUT2D eigenvalue weighted by Gasteiger charge is -2.24. The zero-order chi connectivity index (χ0) is 13.9. The van der Waals surface area contributed by atoms with E-state index in [0.717, 1.165) is 42.4 Å². The molecule has 20 heavy (non-hydrogen) atoms. The summed E-state index contributed by atoms with van der Waals surface area (Å²) in [7, 11) is 1.66. The maximum atomic E-state index is 5.08. The monoisotopic (exact) mass is 273 g/mol. The van der Waals surface area contributed by atoms with E-state index in [2.05, 4.69) is 26.4 Å². The topological polar surface area (TPSA) is 64.9 Å². The zero-order valence-corrected chi connectivity index (χ0v) is 11.8. The Hall–Kier alpha value is -1.95. The molecule has 0 bridgehead atoms. The number of hydrogen-bond acceptors (Lipinski definition) is 5. The van der Waals surface area contributed by atoms with E-state index < -0.39 is 0 Å². The van der Waals surface area contributed by atoms with Crippen molar-refractivity contribution in [3.63, 3.8) is 0 Å². The van der Waals surface area contributed by atoms with Crippen LogP contribution in [0.3, 0.4) is 0 Å². The predicted octanol–water partition coefficient (Wildman–Crippen LogP) is 1.55. The van der Waals surface area contributed by atoms with Gasteiger partial charge in [0.05, 0.1) is 6.54 Å². The molecular weight excluding hydrogens is 254 g/mol. The lowest BCUT2D eigenvalue weighted by atomic mass is 10.1. The Balaban J connectivity index is 1.69. The van der Waals surface area contributed by atoms with Crippen LogP contribution in [0.15, 0.2) is 18.3 Å². The first-order chi connectivity index (χ1) is 9.74. The number of methoxy groups -OCH3 is 1. The average molecular weight is 273 g/mol. The predicted molar refractivity (Wildman–Crippen MR) is 75.4 cm³/mol. The molecule has 1 atom stereocenters. The molecule has 0 saturated carbocycles.